The number of benzene rings is 1. The van der Waals surface area contributed by atoms with E-state index in [0.29, 0.717) is 13.0 Å². The number of ether oxygens (including phenoxy) is 1. The van der Waals surface area contributed by atoms with Gasteiger partial charge in [0.05, 0.1) is 6.42 Å². The molecule has 1 aromatic rings. The summed E-state index contributed by atoms with van der Waals surface area (Å²) in [5.41, 5.74) is 0.971. The van der Waals surface area contributed by atoms with Crippen molar-refractivity contribution in [3.05, 3.63) is 35.9 Å². The molecule has 2 nitrogen and oxygen atoms in total. The van der Waals surface area contributed by atoms with Crippen LogP contribution in [0.15, 0.2) is 30.3 Å². The van der Waals surface area contributed by atoms with Crippen LogP contribution in [-0.4, -0.2) is 16.3 Å². The molecule has 0 heterocycles. The monoisotopic (exact) mass is 320 g/mol. The fraction of sp³-hybridized carbons (Fsp3) is 0.300. The van der Waals surface area contributed by atoms with Crippen LogP contribution >= 0.6 is 31.9 Å². The molecule has 0 radical (unpaired) electrons. The van der Waals surface area contributed by atoms with Crippen LogP contribution < -0.4 is 0 Å². The van der Waals surface area contributed by atoms with E-state index < -0.39 is 0 Å². The Kier molecular flexibility index (Phi) is 5.19. The highest BCUT2D eigenvalue weighted by Gasteiger charge is 2.06. The second-order valence-corrected chi connectivity index (χ2v) is 6.18. The van der Waals surface area contributed by atoms with E-state index in [1.54, 1.807) is 0 Å². The van der Waals surface area contributed by atoms with Crippen LogP contribution in [0.4, 0.5) is 0 Å². The third-order valence-corrected chi connectivity index (χ3v) is 2.09. The van der Waals surface area contributed by atoms with Crippen molar-refractivity contribution in [1.82, 2.24) is 0 Å². The first-order valence-corrected chi connectivity index (χ1v) is 5.99. The molecule has 0 N–H and O–H groups in total. The Labute approximate surface area is 99.9 Å². The van der Waals surface area contributed by atoms with Gasteiger partial charge in [0.15, 0.2) is 0 Å². The number of carbonyl (C=O) groups is 1. The molecular weight excluding hydrogens is 312 g/mol. The summed E-state index contributed by atoms with van der Waals surface area (Å²) in [6.45, 7) is 0.339. The quantitative estimate of drug-likeness (QED) is 0.629. The first kappa shape index (κ1) is 11.7. The summed E-state index contributed by atoms with van der Waals surface area (Å²) in [4.78, 5) is 11.3. The van der Waals surface area contributed by atoms with E-state index in [4.69, 9.17) is 4.74 Å². The van der Waals surface area contributed by atoms with Crippen molar-refractivity contribution in [3.63, 3.8) is 0 Å². The number of halogens is 2. The fourth-order valence-corrected chi connectivity index (χ4v) is 1.23. The van der Waals surface area contributed by atoms with Gasteiger partial charge in [0.1, 0.15) is 10.3 Å². The van der Waals surface area contributed by atoms with Gasteiger partial charge in [-0.05, 0) is 5.56 Å². The molecule has 0 fully saturated rings. The molecular formula is C10H10Br2O2. The van der Waals surface area contributed by atoms with Crippen molar-refractivity contribution in [2.45, 2.75) is 10.2 Å². The number of esters is 1. The molecule has 0 spiro atoms. The number of rotatable bonds is 4. The largest absolute Gasteiger partial charge is 0.463 e. The Balaban J connectivity index is 2.35. The molecule has 0 bridgehead atoms. The summed E-state index contributed by atoms with van der Waals surface area (Å²) < 4.78 is 5.00. The molecule has 0 aliphatic rings. The minimum Gasteiger partial charge on any atom is -0.463 e. The predicted molar refractivity (Wildman–Crippen MR) is 62.7 cm³/mol. The Morgan fingerprint density at radius 3 is 2.50 bits per heavy atom. The molecule has 4 heteroatoms. The van der Waals surface area contributed by atoms with E-state index in [-0.39, 0.29) is 9.71 Å². The molecule has 76 valence electrons. The van der Waals surface area contributed by atoms with E-state index in [1.165, 1.54) is 0 Å². The topological polar surface area (TPSA) is 26.3 Å². The van der Waals surface area contributed by atoms with E-state index in [0.717, 1.165) is 5.56 Å². The maximum absolute atomic E-state index is 11.3. The van der Waals surface area contributed by atoms with Gasteiger partial charge < -0.3 is 4.74 Å². The van der Waals surface area contributed by atoms with Gasteiger partial charge in [-0.15, -0.1) is 0 Å². The van der Waals surface area contributed by atoms with Gasteiger partial charge in [0.2, 0.25) is 0 Å². The first-order valence-electron chi connectivity index (χ1n) is 4.16. The van der Waals surface area contributed by atoms with E-state index in [1.807, 2.05) is 30.3 Å². The maximum Gasteiger partial charge on any atom is 0.310 e. The lowest BCUT2D eigenvalue weighted by atomic mass is 10.2. The lowest BCUT2D eigenvalue weighted by molar-refractivity contribution is -0.142. The summed E-state index contributed by atoms with van der Waals surface area (Å²) in [5, 5.41) is 0. The molecule has 1 rings (SSSR count). The molecule has 0 saturated heterocycles. The average Bonchev–Trinajstić information content (AvgIpc) is 2.16. The van der Waals surface area contributed by atoms with E-state index in [2.05, 4.69) is 31.9 Å². The van der Waals surface area contributed by atoms with E-state index in [9.17, 15) is 4.79 Å². The molecule has 0 aliphatic heterocycles. The highest BCUT2D eigenvalue weighted by molar-refractivity contribution is 9.24. The van der Waals surface area contributed by atoms with Crippen LogP contribution in [0.2, 0.25) is 0 Å². The third kappa shape index (κ3) is 4.77. The van der Waals surface area contributed by atoms with Crippen molar-refractivity contribution in [2.24, 2.45) is 0 Å². The zero-order valence-corrected chi connectivity index (χ0v) is 10.6. The Morgan fingerprint density at radius 1 is 1.29 bits per heavy atom. The van der Waals surface area contributed by atoms with Gasteiger partial charge in [-0.2, -0.15) is 0 Å². The van der Waals surface area contributed by atoms with Gasteiger partial charge in [-0.25, -0.2) is 0 Å². The van der Waals surface area contributed by atoms with Gasteiger partial charge >= 0.3 is 5.97 Å². The van der Waals surface area contributed by atoms with Gasteiger partial charge in [-0.3, -0.25) is 4.79 Å². The molecule has 0 amide bonds. The summed E-state index contributed by atoms with van der Waals surface area (Å²) in [7, 11) is 0. The number of alkyl halides is 2. The van der Waals surface area contributed by atoms with E-state index >= 15 is 0 Å². The second-order valence-electron chi connectivity index (χ2n) is 2.74. The molecule has 0 saturated carbocycles. The molecule has 0 aromatic heterocycles. The normalized spacial score (nSPS) is 10.2. The summed E-state index contributed by atoms with van der Waals surface area (Å²) in [6.07, 6.45) is 0.327. The standard InChI is InChI=1S/C10H10Br2O2/c11-9(12)7-14-10(13)6-8-4-2-1-3-5-8/h1-5,9H,6-7H2. The highest BCUT2D eigenvalue weighted by atomic mass is 79.9. The van der Waals surface area contributed by atoms with Crippen molar-refractivity contribution < 1.29 is 9.53 Å². The fourth-order valence-electron chi connectivity index (χ4n) is 0.969. The molecule has 0 aliphatic carbocycles. The Hall–Kier alpha value is -0.350. The van der Waals surface area contributed by atoms with Crippen molar-refractivity contribution in [1.29, 1.82) is 0 Å². The number of carbonyl (C=O) groups excluding carboxylic acids is 1. The van der Waals surface area contributed by atoms with Crippen LogP contribution in [0.3, 0.4) is 0 Å². The maximum atomic E-state index is 11.3. The summed E-state index contributed by atoms with van der Waals surface area (Å²) in [5.74, 6) is -0.208. The minimum atomic E-state index is -0.208. The lowest BCUT2D eigenvalue weighted by Crippen LogP contribution is -2.11. The van der Waals surface area contributed by atoms with Crippen LogP contribution in [0.5, 0.6) is 0 Å². The van der Waals surface area contributed by atoms with Crippen molar-refractivity contribution in [3.8, 4) is 0 Å². The number of hydrogen-bond acceptors (Lipinski definition) is 2. The SMILES string of the molecule is O=C(Cc1ccccc1)OCC(Br)Br. The van der Waals surface area contributed by atoms with Crippen LogP contribution in [0.1, 0.15) is 5.56 Å². The molecule has 14 heavy (non-hydrogen) atoms. The molecule has 0 unspecified atom stereocenters. The summed E-state index contributed by atoms with van der Waals surface area (Å²) in [6, 6.07) is 9.53. The van der Waals surface area contributed by atoms with Crippen LogP contribution in [0, 0.1) is 0 Å². The van der Waals surface area contributed by atoms with Crippen LogP contribution in [-0.2, 0) is 16.0 Å². The number of hydrogen-bond donors (Lipinski definition) is 0. The third-order valence-electron chi connectivity index (χ3n) is 1.56. The Morgan fingerprint density at radius 2 is 1.93 bits per heavy atom. The first-order chi connectivity index (χ1) is 6.68. The average molecular weight is 322 g/mol. The van der Waals surface area contributed by atoms with Crippen molar-refractivity contribution >= 4 is 37.8 Å². The van der Waals surface area contributed by atoms with Crippen molar-refractivity contribution in [2.75, 3.05) is 6.61 Å². The lowest BCUT2D eigenvalue weighted by Gasteiger charge is -2.04. The molecule has 0 atom stereocenters. The highest BCUT2D eigenvalue weighted by Crippen LogP contribution is 2.08. The molecule has 1 aromatic carbocycles. The minimum absolute atomic E-state index is 0.0229. The van der Waals surface area contributed by atoms with Gasteiger partial charge in [-0.1, -0.05) is 62.2 Å². The van der Waals surface area contributed by atoms with Gasteiger partial charge in [0.25, 0.3) is 0 Å². The van der Waals surface area contributed by atoms with Crippen LogP contribution in [0.25, 0.3) is 0 Å². The van der Waals surface area contributed by atoms with Gasteiger partial charge in [0, 0.05) is 0 Å². The second kappa shape index (κ2) is 6.19. The summed E-state index contributed by atoms with van der Waals surface area (Å²) >= 11 is 6.46. The predicted octanol–water partition coefficient (Wildman–Crippen LogP) is 2.89. The zero-order valence-electron chi connectivity index (χ0n) is 7.45. The zero-order chi connectivity index (χ0) is 10.4. The Bertz CT molecular complexity index is 285. The smallest absolute Gasteiger partial charge is 0.310 e.